The predicted octanol–water partition coefficient (Wildman–Crippen LogP) is 2.98. The van der Waals surface area contributed by atoms with Crippen LogP contribution in [-0.4, -0.2) is 66.5 Å². The van der Waals surface area contributed by atoms with E-state index < -0.39 is 46.8 Å². The lowest BCUT2D eigenvalue weighted by Crippen LogP contribution is -2.55. The number of hydrogen-bond donors (Lipinski definition) is 3. The zero-order chi connectivity index (χ0) is 27.4. The Morgan fingerprint density at radius 3 is 2.66 bits per heavy atom. The lowest BCUT2D eigenvalue weighted by molar-refractivity contribution is 0.0785. The third-order valence-electron chi connectivity index (χ3n) is 6.26. The molecule has 1 saturated heterocycles. The van der Waals surface area contributed by atoms with E-state index in [1.54, 1.807) is 12.3 Å². The lowest BCUT2D eigenvalue weighted by atomic mass is 9.92. The number of nitrogens with one attached hydrogen (secondary N) is 1. The molecule has 12 heteroatoms. The summed E-state index contributed by atoms with van der Waals surface area (Å²) in [5.74, 6) is -4.42. The van der Waals surface area contributed by atoms with Crippen LogP contribution < -0.4 is 20.7 Å². The van der Waals surface area contributed by atoms with E-state index in [2.05, 4.69) is 15.3 Å². The van der Waals surface area contributed by atoms with Crippen LogP contribution in [0.15, 0.2) is 42.7 Å². The molecule has 9 nitrogen and oxygen atoms in total. The zero-order valence-corrected chi connectivity index (χ0v) is 20.8. The maximum Gasteiger partial charge on any atom is 0.274 e. The molecule has 0 spiro atoms. The smallest absolute Gasteiger partial charge is 0.274 e. The largest absolute Gasteiger partial charge is 0.488 e. The second-order valence-electron chi connectivity index (χ2n) is 8.99. The van der Waals surface area contributed by atoms with Gasteiger partial charge in [-0.15, -0.1) is 0 Å². The Hall–Kier alpha value is -3.74. The van der Waals surface area contributed by atoms with Gasteiger partial charge in [0, 0.05) is 38.4 Å². The second-order valence-corrected chi connectivity index (χ2v) is 8.99. The van der Waals surface area contributed by atoms with Gasteiger partial charge in [0.05, 0.1) is 35.8 Å². The summed E-state index contributed by atoms with van der Waals surface area (Å²) in [7, 11) is 1.44. The highest BCUT2D eigenvalue weighted by Crippen LogP contribution is 2.33. The van der Waals surface area contributed by atoms with E-state index in [0.29, 0.717) is 24.5 Å². The van der Waals surface area contributed by atoms with Gasteiger partial charge < -0.3 is 30.5 Å². The number of carbonyl (C=O) groups is 1. The third kappa shape index (κ3) is 5.72. The van der Waals surface area contributed by atoms with Gasteiger partial charge in [0.1, 0.15) is 29.6 Å². The van der Waals surface area contributed by atoms with Gasteiger partial charge in [-0.05, 0) is 30.3 Å². The molecule has 3 aromatic rings. The number of halogens is 3. The zero-order valence-electron chi connectivity index (χ0n) is 20.8. The highest BCUT2D eigenvalue weighted by Gasteiger charge is 2.32. The fraction of sp³-hybridized carbons (Fsp3) is 0.346. The minimum atomic E-state index is -1.16. The van der Waals surface area contributed by atoms with Crippen LogP contribution in [0.4, 0.5) is 24.5 Å². The standard InChI is InChI=1S/C26H28F3N5O4/c1-14-12-34(13-17(30)25(14)35)20-7-8-31-11-19(20)33-26(36)18-5-3-16(28)24(32-18)22-15(27)4-6-21(23(22)29)38-10-9-37-2/h3-8,11,14,17,25,35H,9-10,12-13,30H2,1-2H3,(H,33,36)/t14-,17+,25+/m0/s1. The molecule has 0 saturated carbocycles. The van der Waals surface area contributed by atoms with E-state index in [0.717, 1.165) is 24.3 Å². The summed E-state index contributed by atoms with van der Waals surface area (Å²) < 4.78 is 54.6. The summed E-state index contributed by atoms with van der Waals surface area (Å²) in [5.41, 5.74) is 5.30. The molecule has 3 atom stereocenters. The van der Waals surface area contributed by atoms with Crippen molar-refractivity contribution in [2.24, 2.45) is 11.7 Å². The van der Waals surface area contributed by atoms with Gasteiger partial charge in [-0.25, -0.2) is 18.2 Å². The number of pyridine rings is 2. The Labute approximate surface area is 217 Å². The van der Waals surface area contributed by atoms with E-state index >= 15 is 4.39 Å². The molecule has 3 heterocycles. The van der Waals surface area contributed by atoms with Crippen molar-refractivity contribution in [1.29, 1.82) is 0 Å². The molecule has 2 aromatic heterocycles. The molecule has 0 radical (unpaired) electrons. The van der Waals surface area contributed by atoms with Crippen LogP contribution in [0.1, 0.15) is 17.4 Å². The lowest BCUT2D eigenvalue weighted by Gasteiger charge is -2.40. The maximum atomic E-state index is 15.1. The first-order chi connectivity index (χ1) is 18.2. The Morgan fingerprint density at radius 2 is 1.92 bits per heavy atom. The van der Waals surface area contributed by atoms with Gasteiger partial charge in [-0.3, -0.25) is 9.78 Å². The van der Waals surface area contributed by atoms with E-state index in [-0.39, 0.29) is 30.6 Å². The second kappa shape index (κ2) is 11.8. The van der Waals surface area contributed by atoms with Crippen LogP contribution in [0.2, 0.25) is 0 Å². The molecule has 4 N–H and O–H groups in total. The van der Waals surface area contributed by atoms with Gasteiger partial charge in [0.15, 0.2) is 11.6 Å². The van der Waals surface area contributed by atoms with Gasteiger partial charge in [0.25, 0.3) is 5.91 Å². The number of piperidine rings is 1. The van der Waals surface area contributed by atoms with Crippen LogP contribution in [0.5, 0.6) is 5.75 Å². The summed E-state index contributed by atoms with van der Waals surface area (Å²) in [4.78, 5) is 23.0. The average molecular weight is 532 g/mol. The van der Waals surface area contributed by atoms with Crippen LogP contribution in [0, 0.1) is 23.4 Å². The molecular formula is C26H28F3N5O4. The third-order valence-corrected chi connectivity index (χ3v) is 6.26. The number of rotatable bonds is 8. The Morgan fingerprint density at radius 1 is 1.16 bits per heavy atom. The average Bonchev–Trinajstić information content (AvgIpc) is 2.89. The summed E-state index contributed by atoms with van der Waals surface area (Å²) in [6, 6.07) is 5.22. The molecule has 1 aliphatic rings. The number of aliphatic hydroxyl groups excluding tert-OH is 1. The van der Waals surface area contributed by atoms with Gasteiger partial charge in [-0.2, -0.15) is 0 Å². The van der Waals surface area contributed by atoms with Crippen molar-refractivity contribution < 1.29 is 32.5 Å². The number of carbonyl (C=O) groups excluding carboxylic acids is 1. The highest BCUT2D eigenvalue weighted by atomic mass is 19.1. The molecule has 0 unspecified atom stereocenters. The molecule has 1 aromatic carbocycles. The first-order valence-electron chi connectivity index (χ1n) is 11.9. The predicted molar refractivity (Wildman–Crippen MR) is 134 cm³/mol. The number of aliphatic hydroxyl groups is 1. The molecule has 4 rings (SSSR count). The number of aromatic nitrogens is 2. The molecule has 0 bridgehead atoms. The molecule has 202 valence electrons. The molecule has 1 amide bonds. The van der Waals surface area contributed by atoms with E-state index in [1.807, 2.05) is 11.8 Å². The van der Waals surface area contributed by atoms with Gasteiger partial charge in [0.2, 0.25) is 0 Å². The number of anilines is 2. The van der Waals surface area contributed by atoms with Crippen molar-refractivity contribution in [2.75, 3.05) is 43.6 Å². The summed E-state index contributed by atoms with van der Waals surface area (Å²) in [6.07, 6.45) is 2.32. The number of methoxy groups -OCH3 is 1. The van der Waals surface area contributed by atoms with Gasteiger partial charge >= 0.3 is 0 Å². The van der Waals surface area contributed by atoms with E-state index in [1.165, 1.54) is 13.3 Å². The first kappa shape index (κ1) is 27.3. The van der Waals surface area contributed by atoms with Crippen molar-refractivity contribution in [3.63, 3.8) is 0 Å². The van der Waals surface area contributed by atoms with Crippen LogP contribution in [-0.2, 0) is 4.74 Å². The van der Waals surface area contributed by atoms with Crippen LogP contribution >= 0.6 is 0 Å². The van der Waals surface area contributed by atoms with Crippen molar-refractivity contribution in [3.05, 3.63) is 65.9 Å². The molecule has 38 heavy (non-hydrogen) atoms. The van der Waals surface area contributed by atoms with Crippen LogP contribution in [0.25, 0.3) is 11.3 Å². The number of amides is 1. The fourth-order valence-corrected chi connectivity index (χ4v) is 4.30. The molecular weight excluding hydrogens is 503 g/mol. The number of nitrogens with two attached hydrogens (primary N) is 1. The SMILES string of the molecule is COCCOc1ccc(F)c(-c2nc(C(=O)Nc3cnccc3N3C[C@@H](N)[C@H](O)[C@@H](C)C3)ccc2F)c1F. The van der Waals surface area contributed by atoms with Crippen molar-refractivity contribution >= 4 is 17.3 Å². The minimum absolute atomic E-state index is 0.00997. The van der Waals surface area contributed by atoms with Crippen LogP contribution in [0.3, 0.4) is 0 Å². The summed E-state index contributed by atoms with van der Waals surface area (Å²) >= 11 is 0. The first-order valence-corrected chi connectivity index (χ1v) is 11.9. The van der Waals surface area contributed by atoms with E-state index in [9.17, 15) is 18.7 Å². The topological polar surface area (TPSA) is 123 Å². The minimum Gasteiger partial charge on any atom is -0.488 e. The summed E-state index contributed by atoms with van der Waals surface area (Å²) in [6.45, 7) is 2.86. The molecule has 0 aliphatic carbocycles. The van der Waals surface area contributed by atoms with Crippen molar-refractivity contribution in [2.45, 2.75) is 19.1 Å². The van der Waals surface area contributed by atoms with E-state index in [4.69, 9.17) is 15.2 Å². The summed E-state index contributed by atoms with van der Waals surface area (Å²) in [5, 5.41) is 12.9. The van der Waals surface area contributed by atoms with Crippen molar-refractivity contribution in [1.82, 2.24) is 9.97 Å². The fourth-order valence-electron chi connectivity index (χ4n) is 4.30. The Balaban J connectivity index is 1.62. The number of nitrogens with zero attached hydrogens (tertiary/aromatic N) is 3. The Bertz CT molecular complexity index is 1300. The normalized spacial score (nSPS) is 19.3. The molecule has 1 aliphatic heterocycles. The number of ether oxygens (including phenoxy) is 2. The number of hydrogen-bond acceptors (Lipinski definition) is 8. The Kier molecular flexibility index (Phi) is 8.45. The highest BCUT2D eigenvalue weighted by molar-refractivity contribution is 6.04. The van der Waals surface area contributed by atoms with Gasteiger partial charge in [-0.1, -0.05) is 6.92 Å². The monoisotopic (exact) mass is 531 g/mol. The maximum absolute atomic E-state index is 15.1. The molecule has 1 fully saturated rings. The quantitative estimate of drug-likeness (QED) is 0.379. The number of benzene rings is 1. The van der Waals surface area contributed by atoms with Crippen molar-refractivity contribution in [3.8, 4) is 17.0 Å².